The molecule has 0 radical (unpaired) electrons. The molecule has 1 aromatic heterocycles. The molecule has 1 aromatic rings. The summed E-state index contributed by atoms with van der Waals surface area (Å²) in [7, 11) is -3.28. The lowest BCUT2D eigenvalue weighted by molar-refractivity contribution is 0.0957. The number of aromatic nitrogens is 1. The van der Waals surface area contributed by atoms with Gasteiger partial charge in [-0.1, -0.05) is 11.3 Å². The summed E-state index contributed by atoms with van der Waals surface area (Å²) in [5.41, 5.74) is 6.06. The Kier molecular flexibility index (Phi) is 5.93. The molecule has 0 fully saturated rings. The number of thiazole rings is 1. The van der Waals surface area contributed by atoms with E-state index in [4.69, 9.17) is 14.8 Å². The standard InChI is InChI=1S/C10H18N3O4PS/c1-4-16-18(15,17-5-2)6-12-9(14)8-7(3)13-10(11)19-8/h4-6H2,1-3H3,(H2,11,13)(H,12,14). The highest BCUT2D eigenvalue weighted by atomic mass is 32.1. The third kappa shape index (κ3) is 4.58. The van der Waals surface area contributed by atoms with Crippen LogP contribution >= 0.6 is 18.9 Å². The van der Waals surface area contributed by atoms with E-state index in [0.29, 0.717) is 15.7 Å². The SMILES string of the molecule is CCOP(=O)(CNC(=O)c1sc(N)nc1C)OCC. The van der Waals surface area contributed by atoms with Crippen molar-refractivity contribution in [3.63, 3.8) is 0 Å². The number of nitrogens with zero attached hydrogens (tertiary/aromatic N) is 1. The van der Waals surface area contributed by atoms with E-state index in [9.17, 15) is 9.36 Å². The fourth-order valence-corrected chi connectivity index (χ4v) is 3.53. The third-order valence-electron chi connectivity index (χ3n) is 2.10. The predicted molar refractivity (Wildman–Crippen MR) is 74.5 cm³/mol. The first-order chi connectivity index (χ1) is 8.91. The zero-order valence-electron chi connectivity index (χ0n) is 11.1. The van der Waals surface area contributed by atoms with Gasteiger partial charge in [0.25, 0.3) is 5.91 Å². The van der Waals surface area contributed by atoms with Crippen LogP contribution in [0.1, 0.15) is 29.2 Å². The molecule has 1 rings (SSSR count). The van der Waals surface area contributed by atoms with Gasteiger partial charge in [-0.2, -0.15) is 0 Å². The lowest BCUT2D eigenvalue weighted by atomic mass is 10.4. The Labute approximate surface area is 116 Å². The van der Waals surface area contributed by atoms with Crippen molar-refractivity contribution < 1.29 is 18.4 Å². The molecule has 7 nitrogen and oxygen atoms in total. The van der Waals surface area contributed by atoms with E-state index in [1.165, 1.54) is 0 Å². The van der Waals surface area contributed by atoms with Gasteiger partial charge in [0.15, 0.2) is 5.13 Å². The van der Waals surface area contributed by atoms with Gasteiger partial charge in [0, 0.05) is 0 Å². The van der Waals surface area contributed by atoms with Gasteiger partial charge in [0.1, 0.15) is 11.2 Å². The number of anilines is 1. The number of carbonyl (C=O) groups excluding carboxylic acids is 1. The van der Waals surface area contributed by atoms with E-state index in [0.717, 1.165) is 11.3 Å². The summed E-state index contributed by atoms with van der Waals surface area (Å²) in [5.74, 6) is -0.383. The lowest BCUT2D eigenvalue weighted by Crippen LogP contribution is -2.25. The molecule has 9 heteroatoms. The van der Waals surface area contributed by atoms with Gasteiger partial charge in [-0.05, 0) is 20.8 Å². The van der Waals surface area contributed by atoms with E-state index in [1.54, 1.807) is 20.8 Å². The van der Waals surface area contributed by atoms with Crippen LogP contribution in [0.3, 0.4) is 0 Å². The van der Waals surface area contributed by atoms with Crippen LogP contribution < -0.4 is 11.1 Å². The highest BCUT2D eigenvalue weighted by molar-refractivity contribution is 7.53. The summed E-state index contributed by atoms with van der Waals surface area (Å²) in [6.07, 6.45) is -0.176. The van der Waals surface area contributed by atoms with E-state index >= 15 is 0 Å². The van der Waals surface area contributed by atoms with E-state index in [2.05, 4.69) is 10.3 Å². The quantitative estimate of drug-likeness (QED) is 0.747. The second-order valence-electron chi connectivity index (χ2n) is 3.58. The molecule has 0 spiro atoms. The molecule has 0 unspecified atom stereocenters. The average Bonchev–Trinajstić information content (AvgIpc) is 2.66. The molecule has 19 heavy (non-hydrogen) atoms. The summed E-state index contributed by atoms with van der Waals surface area (Å²) >= 11 is 1.08. The molecule has 0 atom stereocenters. The average molecular weight is 307 g/mol. The number of nitrogen functional groups attached to an aromatic ring is 1. The Morgan fingerprint density at radius 3 is 2.42 bits per heavy atom. The number of aryl methyl sites for hydroxylation is 1. The molecule has 0 bridgehead atoms. The normalized spacial score (nSPS) is 11.5. The zero-order chi connectivity index (χ0) is 14.5. The molecule has 0 aliphatic heterocycles. The van der Waals surface area contributed by atoms with Gasteiger partial charge < -0.3 is 20.1 Å². The van der Waals surface area contributed by atoms with Crippen LogP contribution in [0, 0.1) is 6.92 Å². The zero-order valence-corrected chi connectivity index (χ0v) is 12.8. The van der Waals surface area contributed by atoms with E-state index in [-0.39, 0.29) is 25.4 Å². The monoisotopic (exact) mass is 307 g/mol. The molecule has 0 aromatic carbocycles. The van der Waals surface area contributed by atoms with Crippen molar-refractivity contribution in [2.24, 2.45) is 0 Å². The molecule has 0 aliphatic rings. The van der Waals surface area contributed by atoms with Crippen LogP contribution in [0.25, 0.3) is 0 Å². The maximum absolute atomic E-state index is 12.1. The second-order valence-corrected chi connectivity index (χ2v) is 6.66. The molecule has 108 valence electrons. The van der Waals surface area contributed by atoms with Gasteiger partial charge >= 0.3 is 7.60 Å². The summed E-state index contributed by atoms with van der Waals surface area (Å²) in [6.45, 7) is 5.61. The minimum absolute atomic E-state index is 0.176. The summed E-state index contributed by atoms with van der Waals surface area (Å²) in [4.78, 5) is 16.3. The van der Waals surface area contributed by atoms with Gasteiger partial charge in [0.05, 0.1) is 18.9 Å². The summed E-state index contributed by atoms with van der Waals surface area (Å²) in [6, 6.07) is 0. The Morgan fingerprint density at radius 2 is 2.00 bits per heavy atom. The minimum atomic E-state index is -3.28. The molecular weight excluding hydrogens is 289 g/mol. The van der Waals surface area contributed by atoms with Crippen molar-refractivity contribution in [1.29, 1.82) is 0 Å². The van der Waals surface area contributed by atoms with Gasteiger partial charge in [0.2, 0.25) is 0 Å². The minimum Gasteiger partial charge on any atom is -0.375 e. The first-order valence-electron chi connectivity index (χ1n) is 5.81. The molecule has 1 heterocycles. The van der Waals surface area contributed by atoms with Crippen LogP contribution in [0.5, 0.6) is 0 Å². The smallest absolute Gasteiger partial charge is 0.349 e. The van der Waals surface area contributed by atoms with Crippen LogP contribution in [-0.2, 0) is 13.6 Å². The number of carbonyl (C=O) groups is 1. The molecule has 0 aliphatic carbocycles. The molecular formula is C10H18N3O4PS. The molecule has 0 saturated heterocycles. The number of rotatable bonds is 7. The van der Waals surface area contributed by atoms with Crippen LogP contribution in [0.15, 0.2) is 0 Å². The second kappa shape index (κ2) is 7.00. The van der Waals surface area contributed by atoms with Crippen molar-refractivity contribution in [2.75, 3.05) is 25.2 Å². The Hall–Kier alpha value is -0.950. The Balaban J connectivity index is 2.67. The fourth-order valence-electron chi connectivity index (χ4n) is 1.40. The third-order valence-corrected chi connectivity index (χ3v) is 4.94. The van der Waals surface area contributed by atoms with Crippen LogP contribution in [0.4, 0.5) is 5.13 Å². The van der Waals surface area contributed by atoms with Gasteiger partial charge in [-0.25, -0.2) is 4.98 Å². The molecule has 0 saturated carbocycles. The van der Waals surface area contributed by atoms with Crippen molar-refractivity contribution in [2.45, 2.75) is 20.8 Å². The van der Waals surface area contributed by atoms with Crippen molar-refractivity contribution in [1.82, 2.24) is 10.3 Å². The van der Waals surface area contributed by atoms with Crippen LogP contribution in [0.2, 0.25) is 0 Å². The first kappa shape index (κ1) is 16.1. The molecule has 3 N–H and O–H groups in total. The topological polar surface area (TPSA) is 104 Å². The van der Waals surface area contributed by atoms with Gasteiger partial charge in [-0.15, -0.1) is 0 Å². The highest BCUT2D eigenvalue weighted by Crippen LogP contribution is 2.46. The first-order valence-corrected chi connectivity index (χ1v) is 8.35. The van der Waals surface area contributed by atoms with Crippen LogP contribution in [-0.4, -0.2) is 30.4 Å². The van der Waals surface area contributed by atoms with Crippen molar-refractivity contribution >= 4 is 30.0 Å². The number of hydrogen-bond donors (Lipinski definition) is 2. The number of nitrogens with one attached hydrogen (secondary N) is 1. The number of amides is 1. The lowest BCUT2D eigenvalue weighted by Gasteiger charge is -2.17. The summed E-state index contributed by atoms with van der Waals surface area (Å²) < 4.78 is 22.3. The van der Waals surface area contributed by atoms with Crippen molar-refractivity contribution in [3.8, 4) is 0 Å². The molecule has 1 amide bonds. The Bertz CT molecular complexity index is 481. The van der Waals surface area contributed by atoms with Gasteiger partial charge in [-0.3, -0.25) is 9.36 Å². The predicted octanol–water partition coefficient (Wildman–Crippen LogP) is 1.99. The number of hydrogen-bond acceptors (Lipinski definition) is 7. The Morgan fingerprint density at radius 1 is 1.42 bits per heavy atom. The maximum atomic E-state index is 12.1. The fraction of sp³-hybridized carbons (Fsp3) is 0.600. The maximum Gasteiger partial charge on any atom is 0.349 e. The van der Waals surface area contributed by atoms with Crippen molar-refractivity contribution in [3.05, 3.63) is 10.6 Å². The summed E-state index contributed by atoms with van der Waals surface area (Å²) in [5, 5.41) is 2.85. The number of nitrogens with two attached hydrogens (primary N) is 1. The van der Waals surface area contributed by atoms with E-state index in [1.807, 2.05) is 0 Å². The largest absolute Gasteiger partial charge is 0.375 e. The highest BCUT2D eigenvalue weighted by Gasteiger charge is 2.25. The van der Waals surface area contributed by atoms with E-state index < -0.39 is 7.60 Å².